The average molecular weight is 509 g/mol. The third-order valence-corrected chi connectivity index (χ3v) is 7.30. The Hall–Kier alpha value is -4.23. The van der Waals surface area contributed by atoms with Gasteiger partial charge in [0.05, 0.1) is 29.3 Å². The third-order valence-electron chi connectivity index (χ3n) is 7.30. The van der Waals surface area contributed by atoms with Crippen LogP contribution < -0.4 is 10.3 Å². The van der Waals surface area contributed by atoms with E-state index >= 15 is 0 Å². The summed E-state index contributed by atoms with van der Waals surface area (Å²) in [4.78, 5) is 45.9. The average Bonchev–Trinajstić information content (AvgIpc) is 3.32. The summed E-state index contributed by atoms with van der Waals surface area (Å²) in [7, 11) is 0. The molecule has 1 aromatic heterocycles. The van der Waals surface area contributed by atoms with Crippen molar-refractivity contribution >= 4 is 28.5 Å². The van der Waals surface area contributed by atoms with Crippen molar-refractivity contribution in [3.63, 3.8) is 0 Å². The van der Waals surface area contributed by atoms with Crippen molar-refractivity contribution in [3.8, 4) is 0 Å². The van der Waals surface area contributed by atoms with Crippen LogP contribution >= 0.6 is 0 Å². The van der Waals surface area contributed by atoms with Gasteiger partial charge in [-0.2, -0.15) is 0 Å². The summed E-state index contributed by atoms with van der Waals surface area (Å²) in [5, 5.41) is 0.343. The van der Waals surface area contributed by atoms with Gasteiger partial charge >= 0.3 is 0 Å². The molecule has 38 heavy (non-hydrogen) atoms. The van der Waals surface area contributed by atoms with Crippen LogP contribution in [-0.4, -0.2) is 36.0 Å². The first kappa shape index (κ1) is 24.1. The fourth-order valence-corrected chi connectivity index (χ4v) is 5.70. The van der Waals surface area contributed by atoms with Gasteiger partial charge in [0.25, 0.3) is 11.8 Å². The summed E-state index contributed by atoms with van der Waals surface area (Å²) in [6, 6.07) is 23.9. The molecule has 0 N–H and O–H groups in total. The molecule has 1 spiro atoms. The van der Waals surface area contributed by atoms with Crippen molar-refractivity contribution in [1.29, 1.82) is 0 Å². The van der Waals surface area contributed by atoms with E-state index in [1.165, 1.54) is 4.90 Å². The van der Waals surface area contributed by atoms with E-state index in [1.807, 2.05) is 68.4 Å². The van der Waals surface area contributed by atoms with Gasteiger partial charge in [-0.1, -0.05) is 60.7 Å². The molecule has 4 aromatic rings. The van der Waals surface area contributed by atoms with E-state index in [-0.39, 0.29) is 35.3 Å². The maximum atomic E-state index is 14.7. The van der Waals surface area contributed by atoms with Crippen molar-refractivity contribution in [3.05, 3.63) is 112 Å². The van der Waals surface area contributed by atoms with Crippen molar-refractivity contribution in [2.75, 3.05) is 18.1 Å². The predicted molar refractivity (Wildman–Crippen MR) is 144 cm³/mol. The molecule has 192 valence electrons. The van der Waals surface area contributed by atoms with Crippen LogP contribution in [0.5, 0.6) is 0 Å². The molecule has 2 amide bonds. The first-order chi connectivity index (χ1) is 18.4. The van der Waals surface area contributed by atoms with Crippen molar-refractivity contribution < 1.29 is 18.7 Å². The van der Waals surface area contributed by atoms with E-state index < -0.39 is 11.4 Å². The molecule has 6 rings (SSSR count). The summed E-state index contributed by atoms with van der Waals surface area (Å²) < 4.78 is 11.8. The quantitative estimate of drug-likeness (QED) is 0.333. The first-order valence-corrected chi connectivity index (χ1v) is 12.9. The molecule has 0 fully saturated rings. The highest BCUT2D eigenvalue weighted by Gasteiger charge is 2.64. The molecule has 3 heterocycles. The molecule has 3 aromatic carbocycles. The Bertz CT molecular complexity index is 1610. The molecule has 7 heteroatoms. The number of carbonyl (C=O) groups excluding carboxylic acids is 2. The second-order valence-corrected chi connectivity index (χ2v) is 9.97. The Balaban J connectivity index is 1.57. The lowest BCUT2D eigenvalue weighted by atomic mass is 9.84. The topological polar surface area (TPSA) is 80.1 Å². The van der Waals surface area contributed by atoms with Crippen molar-refractivity contribution in [1.82, 2.24) is 4.90 Å². The van der Waals surface area contributed by atoms with Gasteiger partial charge in [-0.05, 0) is 44.0 Å². The standard InChI is InChI=1S/C31H28N2O5/c1-20(2)37-18-10-17-33-29(35)28-26(27(34)22-13-6-9-16-25(22)38-28)31(33)23-14-7-8-15-24(23)32(30(31)36)19-21-11-4-3-5-12-21/h3-9,11-16,20H,10,17-19H2,1-2H3. The zero-order valence-electron chi connectivity index (χ0n) is 21.3. The molecule has 2 aliphatic rings. The lowest BCUT2D eigenvalue weighted by Gasteiger charge is -2.34. The molecule has 0 saturated heterocycles. The minimum atomic E-state index is -1.61. The number of hydrogen-bond donors (Lipinski definition) is 0. The Morgan fingerprint density at radius 1 is 0.895 bits per heavy atom. The number of carbonyl (C=O) groups is 2. The molecule has 7 nitrogen and oxygen atoms in total. The van der Waals surface area contributed by atoms with Crippen LogP contribution in [0.2, 0.25) is 0 Å². The summed E-state index contributed by atoms with van der Waals surface area (Å²) in [5.41, 5.74) is 0.683. The fraction of sp³-hybridized carbons (Fsp3) is 0.258. The Labute approximate surface area is 220 Å². The number of para-hydroxylation sites is 2. The molecular weight excluding hydrogens is 480 g/mol. The molecule has 1 unspecified atom stereocenters. The molecular formula is C31H28N2O5. The van der Waals surface area contributed by atoms with E-state index in [9.17, 15) is 14.4 Å². The van der Waals surface area contributed by atoms with Crippen molar-refractivity contribution in [2.24, 2.45) is 0 Å². The number of nitrogens with zero attached hydrogens (tertiary/aromatic N) is 2. The maximum Gasteiger partial charge on any atom is 0.291 e. The maximum absolute atomic E-state index is 14.7. The minimum absolute atomic E-state index is 0.0409. The van der Waals surface area contributed by atoms with Gasteiger partial charge in [0.2, 0.25) is 5.76 Å². The minimum Gasteiger partial charge on any atom is -0.450 e. The Morgan fingerprint density at radius 3 is 2.39 bits per heavy atom. The van der Waals surface area contributed by atoms with Gasteiger partial charge in [-0.15, -0.1) is 0 Å². The van der Waals surface area contributed by atoms with Crippen LogP contribution in [0.1, 0.15) is 47.5 Å². The summed E-state index contributed by atoms with van der Waals surface area (Å²) in [5.74, 6) is -0.859. The lowest BCUT2D eigenvalue weighted by molar-refractivity contribution is -0.126. The van der Waals surface area contributed by atoms with Gasteiger partial charge in [0.1, 0.15) is 5.58 Å². The Morgan fingerprint density at radius 2 is 1.61 bits per heavy atom. The number of hydrogen-bond acceptors (Lipinski definition) is 5. The predicted octanol–water partition coefficient (Wildman–Crippen LogP) is 4.85. The first-order valence-electron chi connectivity index (χ1n) is 12.9. The van der Waals surface area contributed by atoms with E-state index in [1.54, 1.807) is 29.2 Å². The molecule has 1 atom stereocenters. The van der Waals surface area contributed by atoms with Crippen molar-refractivity contribution in [2.45, 2.75) is 38.5 Å². The number of amides is 2. The summed E-state index contributed by atoms with van der Waals surface area (Å²) in [6.45, 7) is 4.85. The number of ether oxygens (including phenoxy) is 1. The van der Waals surface area contributed by atoms with E-state index in [0.29, 0.717) is 41.8 Å². The van der Waals surface area contributed by atoms with E-state index in [2.05, 4.69) is 0 Å². The fourth-order valence-electron chi connectivity index (χ4n) is 5.70. The molecule has 0 aliphatic carbocycles. The van der Waals surface area contributed by atoms with Gasteiger partial charge in [0, 0.05) is 18.7 Å². The number of rotatable bonds is 7. The van der Waals surface area contributed by atoms with Crippen LogP contribution in [0.25, 0.3) is 11.0 Å². The van der Waals surface area contributed by atoms with E-state index in [0.717, 1.165) is 5.56 Å². The van der Waals surface area contributed by atoms with E-state index in [4.69, 9.17) is 9.15 Å². The smallest absolute Gasteiger partial charge is 0.291 e. The van der Waals surface area contributed by atoms with Crippen LogP contribution in [0.4, 0.5) is 5.69 Å². The SMILES string of the molecule is CC(C)OCCCN1C(=O)c2oc3ccccc3c(=O)c2C12C(=O)N(Cc1ccccc1)c1ccccc12. The molecule has 0 bridgehead atoms. The Kier molecular flexibility index (Phi) is 5.88. The van der Waals surface area contributed by atoms with Gasteiger partial charge in [0.15, 0.2) is 11.0 Å². The zero-order chi connectivity index (χ0) is 26.4. The van der Waals surface area contributed by atoms with Gasteiger partial charge in [-0.3, -0.25) is 14.4 Å². The van der Waals surface area contributed by atoms with Gasteiger partial charge < -0.3 is 19.0 Å². The van der Waals surface area contributed by atoms with Crippen LogP contribution in [0, 0.1) is 0 Å². The molecule has 0 saturated carbocycles. The molecule has 0 radical (unpaired) electrons. The molecule has 2 aliphatic heterocycles. The summed E-state index contributed by atoms with van der Waals surface area (Å²) >= 11 is 0. The highest BCUT2D eigenvalue weighted by atomic mass is 16.5. The number of anilines is 1. The zero-order valence-corrected chi connectivity index (χ0v) is 21.3. The summed E-state index contributed by atoms with van der Waals surface area (Å²) in [6.07, 6.45) is 0.542. The van der Waals surface area contributed by atoms with Gasteiger partial charge in [-0.25, -0.2) is 0 Å². The largest absolute Gasteiger partial charge is 0.450 e. The second-order valence-electron chi connectivity index (χ2n) is 9.97. The highest BCUT2D eigenvalue weighted by Crippen LogP contribution is 2.52. The second kappa shape index (κ2) is 9.26. The monoisotopic (exact) mass is 508 g/mol. The lowest BCUT2D eigenvalue weighted by Crippen LogP contribution is -2.53. The number of benzene rings is 3. The van der Waals surface area contributed by atoms with Crippen LogP contribution in [0.3, 0.4) is 0 Å². The normalized spacial score (nSPS) is 18.2. The third kappa shape index (κ3) is 3.50. The number of fused-ring (bicyclic) bond motifs is 5. The van der Waals surface area contributed by atoms with Crippen LogP contribution in [-0.2, 0) is 21.6 Å². The van der Waals surface area contributed by atoms with Crippen LogP contribution in [0.15, 0.2) is 88.1 Å². The highest BCUT2D eigenvalue weighted by molar-refractivity contribution is 6.17.